The van der Waals surface area contributed by atoms with Gasteiger partial charge in [0.2, 0.25) is 0 Å². The summed E-state index contributed by atoms with van der Waals surface area (Å²) in [6, 6.07) is 10.1. The minimum atomic E-state index is -0.492. The number of hydrogen-bond acceptors (Lipinski definition) is 5. The van der Waals surface area contributed by atoms with Gasteiger partial charge in [0.15, 0.2) is 0 Å². The van der Waals surface area contributed by atoms with Crippen LogP contribution in [0.3, 0.4) is 0 Å². The number of halogens is 2. The smallest absolute Gasteiger partial charge is 0.149 e. The number of benzene rings is 1. The summed E-state index contributed by atoms with van der Waals surface area (Å²) < 4.78 is 20.7. The van der Waals surface area contributed by atoms with Gasteiger partial charge in [-0.1, -0.05) is 31.5 Å². The van der Waals surface area contributed by atoms with Crippen LogP contribution in [-0.4, -0.2) is 16.6 Å². The third-order valence-corrected chi connectivity index (χ3v) is 5.08. The number of hydrogen-bond donors (Lipinski definition) is 1. The molecule has 0 saturated heterocycles. The largest absolute Gasteiger partial charge is 0.492 e. The van der Waals surface area contributed by atoms with E-state index in [0.29, 0.717) is 24.6 Å². The summed E-state index contributed by atoms with van der Waals surface area (Å²) in [6.07, 6.45) is 2.33. The highest BCUT2D eigenvalue weighted by Gasteiger charge is 2.22. The molecule has 2 aromatic heterocycles. The molecule has 3 heterocycles. The van der Waals surface area contributed by atoms with Crippen molar-refractivity contribution in [2.24, 2.45) is 0 Å². The van der Waals surface area contributed by atoms with E-state index >= 15 is 0 Å². The quantitative estimate of drug-likeness (QED) is 0.566. The summed E-state index contributed by atoms with van der Waals surface area (Å²) in [7, 11) is 0. The number of fused-ring (bicyclic) bond motifs is 5. The van der Waals surface area contributed by atoms with Gasteiger partial charge in [-0.05, 0) is 35.7 Å². The van der Waals surface area contributed by atoms with Gasteiger partial charge in [0.05, 0.1) is 39.8 Å². The Labute approximate surface area is 173 Å². The first-order chi connectivity index (χ1) is 14.0. The van der Waals surface area contributed by atoms with E-state index < -0.39 is 5.82 Å². The van der Waals surface area contributed by atoms with E-state index in [0.717, 1.165) is 16.9 Å². The van der Waals surface area contributed by atoms with Crippen LogP contribution in [0.1, 0.15) is 36.6 Å². The summed E-state index contributed by atoms with van der Waals surface area (Å²) in [5.74, 6) is 0.320. The molecule has 1 aromatic carbocycles. The number of ether oxygens (including phenoxy) is 1. The van der Waals surface area contributed by atoms with Crippen molar-refractivity contribution in [1.82, 2.24) is 9.97 Å². The molecule has 7 heteroatoms. The predicted molar refractivity (Wildman–Crippen MR) is 110 cm³/mol. The standard InChI is InChI=1S/C22H18ClFN4O/c1-12(2)19-20-13(6-8-26-19)7-9-29-17-5-3-4-16(24)18(17)21-15(23)10-14(11-25)22(27-20)28-21/h3-6,8,10,12H,7,9H2,1-2H3,(H,27,28). The molecule has 0 fully saturated rings. The van der Waals surface area contributed by atoms with Crippen LogP contribution in [0.5, 0.6) is 5.75 Å². The topological polar surface area (TPSA) is 70.8 Å². The predicted octanol–water partition coefficient (Wildman–Crippen LogP) is 5.61. The monoisotopic (exact) mass is 408 g/mol. The minimum absolute atomic E-state index is 0.149. The molecule has 1 aliphatic rings. The molecule has 0 unspecified atom stereocenters. The number of rotatable bonds is 1. The molecule has 3 aromatic rings. The summed E-state index contributed by atoms with van der Waals surface area (Å²) in [4.78, 5) is 9.04. The van der Waals surface area contributed by atoms with E-state index in [1.165, 1.54) is 12.1 Å². The lowest BCUT2D eigenvalue weighted by Crippen LogP contribution is -2.09. The number of pyridine rings is 2. The van der Waals surface area contributed by atoms with Crippen LogP contribution in [0.25, 0.3) is 11.3 Å². The Morgan fingerprint density at radius 2 is 2.14 bits per heavy atom. The fraction of sp³-hybridized carbons (Fsp3) is 0.227. The van der Waals surface area contributed by atoms with Crippen LogP contribution < -0.4 is 10.1 Å². The van der Waals surface area contributed by atoms with Crippen molar-refractivity contribution in [3.05, 3.63) is 64.2 Å². The Morgan fingerprint density at radius 3 is 2.90 bits per heavy atom. The van der Waals surface area contributed by atoms with Crippen molar-refractivity contribution in [2.75, 3.05) is 11.9 Å². The maximum atomic E-state index is 14.7. The molecule has 146 valence electrons. The number of nitrogens with zero attached hydrogens (tertiary/aromatic N) is 3. The second-order valence-electron chi connectivity index (χ2n) is 7.05. The minimum Gasteiger partial charge on any atom is -0.492 e. The Bertz CT molecular complexity index is 1140. The second-order valence-corrected chi connectivity index (χ2v) is 7.46. The zero-order valence-corrected chi connectivity index (χ0v) is 16.7. The highest BCUT2D eigenvalue weighted by molar-refractivity contribution is 6.33. The number of nitrogens with one attached hydrogen (secondary N) is 1. The van der Waals surface area contributed by atoms with E-state index in [9.17, 15) is 9.65 Å². The Kier molecular flexibility index (Phi) is 5.08. The number of aromatic nitrogens is 2. The van der Waals surface area contributed by atoms with Crippen molar-refractivity contribution in [2.45, 2.75) is 26.2 Å². The third-order valence-electron chi connectivity index (χ3n) is 4.79. The van der Waals surface area contributed by atoms with Gasteiger partial charge in [0, 0.05) is 12.6 Å². The molecule has 2 bridgehead atoms. The van der Waals surface area contributed by atoms with E-state index in [4.69, 9.17) is 16.3 Å². The molecule has 1 N–H and O–H groups in total. The van der Waals surface area contributed by atoms with Gasteiger partial charge in [0.1, 0.15) is 23.5 Å². The third kappa shape index (κ3) is 3.50. The lowest BCUT2D eigenvalue weighted by molar-refractivity contribution is 0.322. The Morgan fingerprint density at radius 1 is 1.31 bits per heavy atom. The zero-order chi connectivity index (χ0) is 20.5. The van der Waals surface area contributed by atoms with Crippen LogP contribution in [-0.2, 0) is 6.42 Å². The van der Waals surface area contributed by atoms with Gasteiger partial charge >= 0.3 is 0 Å². The van der Waals surface area contributed by atoms with E-state index in [-0.39, 0.29) is 27.8 Å². The van der Waals surface area contributed by atoms with Crippen LogP contribution in [0.2, 0.25) is 5.02 Å². The molecular formula is C22H18ClFN4O. The summed E-state index contributed by atoms with van der Waals surface area (Å²) >= 11 is 6.38. The number of nitriles is 1. The molecule has 0 spiro atoms. The highest BCUT2D eigenvalue weighted by atomic mass is 35.5. The van der Waals surface area contributed by atoms with Crippen LogP contribution in [0.4, 0.5) is 15.9 Å². The summed E-state index contributed by atoms with van der Waals surface area (Å²) in [5.41, 5.74) is 3.28. The van der Waals surface area contributed by atoms with Gasteiger partial charge in [-0.15, -0.1) is 0 Å². The molecule has 0 saturated carbocycles. The van der Waals surface area contributed by atoms with Crippen molar-refractivity contribution >= 4 is 23.1 Å². The van der Waals surface area contributed by atoms with Crippen molar-refractivity contribution in [3.63, 3.8) is 0 Å². The summed E-state index contributed by atoms with van der Waals surface area (Å²) in [6.45, 7) is 4.43. The van der Waals surface area contributed by atoms with Crippen molar-refractivity contribution in [1.29, 1.82) is 5.26 Å². The summed E-state index contributed by atoms with van der Waals surface area (Å²) in [5, 5.41) is 13.1. The lowest BCUT2D eigenvalue weighted by atomic mass is 10.0. The van der Waals surface area contributed by atoms with Crippen LogP contribution in [0, 0.1) is 17.1 Å². The maximum absolute atomic E-state index is 14.7. The first-order valence-corrected chi connectivity index (χ1v) is 9.64. The highest BCUT2D eigenvalue weighted by Crippen LogP contribution is 2.39. The average Bonchev–Trinajstić information content (AvgIpc) is 2.72. The molecule has 0 amide bonds. The Hall–Kier alpha value is -3.17. The van der Waals surface area contributed by atoms with Crippen LogP contribution >= 0.6 is 11.6 Å². The molecule has 0 radical (unpaired) electrons. The zero-order valence-electron chi connectivity index (χ0n) is 16.0. The lowest BCUT2D eigenvalue weighted by Gasteiger charge is -2.18. The molecule has 4 rings (SSSR count). The van der Waals surface area contributed by atoms with Gasteiger partial charge in [-0.2, -0.15) is 5.26 Å². The second kappa shape index (κ2) is 7.69. The van der Waals surface area contributed by atoms with Gasteiger partial charge in [-0.25, -0.2) is 9.37 Å². The number of anilines is 2. The molecule has 5 nitrogen and oxygen atoms in total. The van der Waals surface area contributed by atoms with Gasteiger partial charge in [0.25, 0.3) is 0 Å². The fourth-order valence-corrected chi connectivity index (χ4v) is 3.64. The molecule has 1 aliphatic heterocycles. The molecule has 0 aliphatic carbocycles. The van der Waals surface area contributed by atoms with E-state index in [1.807, 2.05) is 19.9 Å². The first-order valence-electron chi connectivity index (χ1n) is 9.26. The van der Waals surface area contributed by atoms with Gasteiger partial charge in [-0.3, -0.25) is 4.98 Å². The fourth-order valence-electron chi connectivity index (χ4n) is 3.40. The van der Waals surface area contributed by atoms with E-state index in [1.54, 1.807) is 18.3 Å². The van der Waals surface area contributed by atoms with Crippen LogP contribution in [0.15, 0.2) is 36.5 Å². The molecular weight excluding hydrogens is 391 g/mol. The molecule has 0 atom stereocenters. The normalized spacial score (nSPS) is 12.7. The molecule has 29 heavy (non-hydrogen) atoms. The SMILES string of the molecule is CC(C)c1nccc2c1Nc1nc(c(Cl)cc1C#N)-c1c(F)cccc1OCC2. The van der Waals surface area contributed by atoms with Gasteiger partial charge < -0.3 is 10.1 Å². The van der Waals surface area contributed by atoms with Crippen molar-refractivity contribution < 1.29 is 9.13 Å². The first kappa shape index (κ1) is 19.2. The van der Waals surface area contributed by atoms with Crippen molar-refractivity contribution in [3.8, 4) is 23.1 Å². The Balaban J connectivity index is 2.00. The maximum Gasteiger partial charge on any atom is 0.149 e. The average molecular weight is 409 g/mol. The van der Waals surface area contributed by atoms with E-state index in [2.05, 4.69) is 21.4 Å².